The van der Waals surface area contributed by atoms with Crippen molar-refractivity contribution >= 4 is 49.0 Å². The van der Waals surface area contributed by atoms with E-state index < -0.39 is 32.2 Å². The van der Waals surface area contributed by atoms with E-state index in [9.17, 15) is 35.8 Å². The van der Waals surface area contributed by atoms with Crippen LogP contribution in [-0.2, 0) is 31.5 Å². The van der Waals surface area contributed by atoms with Crippen LogP contribution in [0.15, 0.2) is 91.7 Å². The zero-order chi connectivity index (χ0) is 36.9. The minimum Gasteiger partial charge on any atom is -0.506 e. The van der Waals surface area contributed by atoms with Gasteiger partial charge in [-0.3, -0.25) is 19.3 Å². The first-order chi connectivity index (χ1) is 24.4. The zero-order valence-electron chi connectivity index (χ0n) is 28.8. The number of hydrogen-bond donors (Lipinski definition) is 4. The molecular formula is C36H47N5O8S2. The highest BCUT2D eigenvalue weighted by Crippen LogP contribution is 2.30. The van der Waals surface area contributed by atoms with E-state index in [-0.39, 0.29) is 38.4 Å². The molecule has 3 aromatic rings. The standard InChI is InChI=1S/C36H47N5O8S2/c1-2-3-4-5-6-7-8-9-10-11-12-13-14-15-27-16-25-32(33(42)26-27)38-39-34-35(37-28-17-21-30(22-18-28)50(44,45)46)40-41(36(34)43)29-19-23-31(24-20-29)51(47,48)49/h16-26,34,42H,2-15H2,1H3,(H,37,40)(H,44,45,46)(H,47,48,49). The fraction of sp³-hybridized carbons (Fsp3) is 0.444. The van der Waals surface area contributed by atoms with E-state index in [2.05, 4.69) is 27.6 Å². The second-order valence-electron chi connectivity index (χ2n) is 12.7. The summed E-state index contributed by atoms with van der Waals surface area (Å²) in [4.78, 5) is 17.2. The number of phenols is 1. The summed E-state index contributed by atoms with van der Waals surface area (Å²) in [5.41, 5.74) is 4.35. The van der Waals surface area contributed by atoms with Crippen LogP contribution in [0.5, 0.6) is 5.75 Å². The molecule has 276 valence electrons. The molecule has 4 rings (SSSR count). The minimum absolute atomic E-state index is 0.000677. The number of benzene rings is 3. The van der Waals surface area contributed by atoms with E-state index in [4.69, 9.17) is 0 Å². The largest absolute Gasteiger partial charge is 0.506 e. The molecule has 0 aliphatic carbocycles. The smallest absolute Gasteiger partial charge is 0.294 e. The normalized spacial score (nSPS) is 16.0. The molecule has 1 unspecified atom stereocenters. The van der Waals surface area contributed by atoms with Gasteiger partial charge in [0.15, 0.2) is 5.84 Å². The number of amides is 1. The Bertz CT molecular complexity index is 1880. The quantitative estimate of drug-likeness (QED) is 0.0500. The number of phenolic OH excluding ortho intramolecular Hbond substituents is 1. The van der Waals surface area contributed by atoms with Gasteiger partial charge in [0, 0.05) is 0 Å². The topological polar surface area (TPSA) is 198 Å². The van der Waals surface area contributed by atoms with Crippen molar-refractivity contribution in [1.82, 2.24) is 5.43 Å². The lowest BCUT2D eigenvalue weighted by molar-refractivity contribution is -0.117. The predicted octanol–water partition coefficient (Wildman–Crippen LogP) is 8.25. The number of aromatic hydroxyl groups is 1. The van der Waals surface area contributed by atoms with Crippen molar-refractivity contribution in [3.05, 3.63) is 72.3 Å². The van der Waals surface area contributed by atoms with Crippen LogP contribution >= 0.6 is 0 Å². The lowest BCUT2D eigenvalue weighted by Gasteiger charge is -2.15. The maximum atomic E-state index is 13.5. The minimum atomic E-state index is -4.46. The summed E-state index contributed by atoms with van der Waals surface area (Å²) in [6.07, 6.45) is 17.3. The van der Waals surface area contributed by atoms with Crippen molar-refractivity contribution in [3.8, 4) is 5.75 Å². The summed E-state index contributed by atoms with van der Waals surface area (Å²) in [6, 6.07) is 13.6. The molecule has 51 heavy (non-hydrogen) atoms. The lowest BCUT2D eigenvalue weighted by Crippen LogP contribution is -2.35. The SMILES string of the molecule is CCCCCCCCCCCCCCCc1ccc(N=NC2C(=O)N(c3ccc(S(=O)(=O)O)cc3)NC2=Nc2ccc(S(=O)(=O)O)cc2)c(O)c1. The number of anilines is 1. The average molecular weight is 742 g/mol. The molecule has 1 fully saturated rings. The molecule has 0 bridgehead atoms. The van der Waals surface area contributed by atoms with Gasteiger partial charge < -0.3 is 5.11 Å². The Hall–Kier alpha value is -4.18. The molecule has 15 heteroatoms. The molecule has 1 heterocycles. The number of rotatable bonds is 20. The highest BCUT2D eigenvalue weighted by Gasteiger charge is 2.39. The van der Waals surface area contributed by atoms with E-state index in [0.717, 1.165) is 54.1 Å². The van der Waals surface area contributed by atoms with Gasteiger partial charge in [-0.1, -0.05) is 90.0 Å². The number of amidine groups is 1. The number of aliphatic imine (C=N–C) groups is 1. The molecule has 1 amide bonds. The fourth-order valence-corrected chi connectivity index (χ4v) is 6.69. The number of nitrogens with one attached hydrogen (secondary N) is 1. The van der Waals surface area contributed by atoms with Crippen LogP contribution in [0.2, 0.25) is 0 Å². The molecule has 13 nitrogen and oxygen atoms in total. The van der Waals surface area contributed by atoms with Crippen molar-refractivity contribution in [2.45, 2.75) is 113 Å². The number of azo groups is 1. The number of hydrazine groups is 1. The highest BCUT2D eigenvalue weighted by atomic mass is 32.2. The third kappa shape index (κ3) is 12.2. The zero-order valence-corrected chi connectivity index (χ0v) is 30.4. The molecule has 4 N–H and O–H groups in total. The first-order valence-corrected chi connectivity index (χ1v) is 20.3. The number of unbranched alkanes of at least 4 members (excludes halogenated alkanes) is 12. The first-order valence-electron chi connectivity index (χ1n) is 17.4. The Kier molecular flexibility index (Phi) is 14.7. The molecule has 0 saturated carbocycles. The fourth-order valence-electron chi connectivity index (χ4n) is 5.73. The van der Waals surface area contributed by atoms with Gasteiger partial charge in [-0.25, -0.2) is 10.0 Å². The van der Waals surface area contributed by atoms with Crippen LogP contribution in [0.25, 0.3) is 0 Å². The number of carbonyl (C=O) groups excluding carboxylic acids is 1. The van der Waals surface area contributed by atoms with Gasteiger partial charge in [-0.2, -0.15) is 27.1 Å². The van der Waals surface area contributed by atoms with E-state index in [1.807, 2.05) is 6.07 Å². The summed E-state index contributed by atoms with van der Waals surface area (Å²) < 4.78 is 64.5. The van der Waals surface area contributed by atoms with Gasteiger partial charge in [0.2, 0.25) is 6.04 Å². The number of hydrogen-bond acceptors (Lipinski definition) is 9. The van der Waals surface area contributed by atoms with Crippen LogP contribution in [0.1, 0.15) is 96.0 Å². The van der Waals surface area contributed by atoms with Crippen molar-refractivity contribution in [1.29, 1.82) is 0 Å². The number of nitrogens with zero attached hydrogens (tertiary/aromatic N) is 4. The number of carbonyl (C=O) groups is 1. The molecule has 0 radical (unpaired) electrons. The Morgan fingerprint density at radius 3 is 1.73 bits per heavy atom. The van der Waals surface area contributed by atoms with Crippen molar-refractivity contribution in [2.24, 2.45) is 15.2 Å². The second-order valence-corrected chi connectivity index (χ2v) is 15.5. The van der Waals surface area contributed by atoms with Crippen LogP contribution in [0.3, 0.4) is 0 Å². The third-order valence-corrected chi connectivity index (χ3v) is 10.3. The van der Waals surface area contributed by atoms with Crippen molar-refractivity contribution < 1.29 is 35.8 Å². The van der Waals surface area contributed by atoms with E-state index >= 15 is 0 Å². The molecule has 3 aromatic carbocycles. The molecule has 0 spiro atoms. The Balaban J connectivity index is 1.37. The summed E-state index contributed by atoms with van der Waals surface area (Å²) in [6.45, 7) is 2.24. The van der Waals surface area contributed by atoms with Gasteiger partial charge in [0.25, 0.3) is 26.1 Å². The number of aryl methyl sites for hydroxylation is 1. The Labute approximate surface area is 300 Å². The summed E-state index contributed by atoms with van der Waals surface area (Å²) in [7, 11) is -8.89. The summed E-state index contributed by atoms with van der Waals surface area (Å²) in [5.74, 6) is -0.729. The summed E-state index contributed by atoms with van der Waals surface area (Å²) in [5, 5.41) is 20.1. The first kappa shape index (κ1) is 39.6. The van der Waals surface area contributed by atoms with Gasteiger partial charge in [-0.05, 0) is 79.1 Å². The molecule has 1 atom stereocenters. The van der Waals surface area contributed by atoms with Crippen LogP contribution in [0.4, 0.5) is 17.1 Å². The molecule has 1 aliphatic rings. The molecule has 0 aromatic heterocycles. The van der Waals surface area contributed by atoms with Gasteiger partial charge in [0.1, 0.15) is 11.4 Å². The second kappa shape index (κ2) is 18.9. The molecule has 1 saturated heterocycles. The third-order valence-electron chi connectivity index (χ3n) is 8.61. The molecule has 1 aliphatic heterocycles. The van der Waals surface area contributed by atoms with Gasteiger partial charge >= 0.3 is 0 Å². The predicted molar refractivity (Wildman–Crippen MR) is 196 cm³/mol. The Morgan fingerprint density at radius 2 is 1.22 bits per heavy atom. The maximum Gasteiger partial charge on any atom is 0.294 e. The van der Waals surface area contributed by atoms with Gasteiger partial charge in [-0.15, -0.1) is 0 Å². The Morgan fingerprint density at radius 1 is 0.706 bits per heavy atom. The van der Waals surface area contributed by atoms with Crippen LogP contribution in [0, 0.1) is 0 Å². The van der Waals surface area contributed by atoms with Crippen molar-refractivity contribution in [2.75, 3.05) is 5.01 Å². The highest BCUT2D eigenvalue weighted by molar-refractivity contribution is 7.86. The monoisotopic (exact) mass is 741 g/mol. The van der Waals surface area contributed by atoms with Gasteiger partial charge in [0.05, 0.1) is 21.2 Å². The lowest BCUT2D eigenvalue weighted by atomic mass is 10.0. The van der Waals surface area contributed by atoms with Crippen LogP contribution in [-0.4, -0.2) is 48.8 Å². The average Bonchev–Trinajstić information content (AvgIpc) is 3.39. The van der Waals surface area contributed by atoms with E-state index in [0.29, 0.717) is 0 Å². The molecular weight excluding hydrogens is 695 g/mol. The van der Waals surface area contributed by atoms with E-state index in [1.165, 1.54) is 94.9 Å². The van der Waals surface area contributed by atoms with Crippen LogP contribution < -0.4 is 10.4 Å². The summed E-state index contributed by atoms with van der Waals surface area (Å²) >= 11 is 0. The van der Waals surface area contributed by atoms with E-state index in [1.54, 1.807) is 12.1 Å². The van der Waals surface area contributed by atoms with Crippen molar-refractivity contribution in [3.63, 3.8) is 0 Å². The maximum absolute atomic E-state index is 13.5.